The number of carbonyl (C=O) groups excluding carboxylic acids is 1. The maximum atomic E-state index is 13.2. The number of rotatable bonds is 6. The van der Waals surface area contributed by atoms with Crippen molar-refractivity contribution in [1.29, 1.82) is 0 Å². The first kappa shape index (κ1) is 22.5. The summed E-state index contributed by atoms with van der Waals surface area (Å²) in [5.41, 5.74) is 0.464. The van der Waals surface area contributed by atoms with Gasteiger partial charge >= 0.3 is 6.18 Å². The van der Waals surface area contributed by atoms with Gasteiger partial charge in [0.1, 0.15) is 23.4 Å². The summed E-state index contributed by atoms with van der Waals surface area (Å²) < 4.78 is 47.0. The maximum Gasteiger partial charge on any atom is 0.437 e. The summed E-state index contributed by atoms with van der Waals surface area (Å²) >= 11 is 0. The van der Waals surface area contributed by atoms with Gasteiger partial charge in [0.15, 0.2) is 5.69 Å². The van der Waals surface area contributed by atoms with E-state index in [1.165, 1.54) is 18.3 Å². The number of nitrogens with zero attached hydrogens (tertiary/aromatic N) is 5. The number of aromatic nitrogens is 6. The number of aromatic amines is 1. The van der Waals surface area contributed by atoms with Crippen LogP contribution in [0, 0.1) is 0 Å². The minimum Gasteiger partial charge on any atom is -0.496 e. The van der Waals surface area contributed by atoms with Crippen molar-refractivity contribution in [2.45, 2.75) is 24.6 Å². The van der Waals surface area contributed by atoms with E-state index in [1.807, 2.05) is 35.6 Å². The molecule has 3 aromatic heterocycles. The van der Waals surface area contributed by atoms with Crippen molar-refractivity contribution in [2.24, 2.45) is 0 Å². The topological polar surface area (TPSA) is 98.6 Å². The summed E-state index contributed by atoms with van der Waals surface area (Å²) in [5, 5.41) is 8.92. The molecular formula is C24H19F3N6O2. The third-order valence-electron chi connectivity index (χ3n) is 5.99. The van der Waals surface area contributed by atoms with Crippen molar-refractivity contribution in [3.63, 3.8) is 0 Å². The molecule has 1 unspecified atom stereocenters. The lowest BCUT2D eigenvalue weighted by molar-refractivity contribution is -0.140. The first-order valence-corrected chi connectivity index (χ1v) is 10.6. The van der Waals surface area contributed by atoms with Crippen molar-refractivity contribution in [3.05, 3.63) is 78.0 Å². The lowest BCUT2D eigenvalue weighted by atomic mass is 9.74. The van der Waals surface area contributed by atoms with E-state index in [4.69, 9.17) is 4.74 Å². The minimum atomic E-state index is -4.65. The van der Waals surface area contributed by atoms with Crippen LogP contribution < -0.4 is 4.74 Å². The Morgan fingerprint density at radius 3 is 2.83 bits per heavy atom. The van der Waals surface area contributed by atoms with Crippen molar-refractivity contribution in [3.8, 4) is 28.4 Å². The SMILES string of the molecule is COc1cccc2c1CC=CC2(C=O)Cn1cnc(-c2cc(-c3n[nH]nc3C(F)(F)F)ccn2)c1. The lowest BCUT2D eigenvalue weighted by Gasteiger charge is -2.31. The summed E-state index contributed by atoms with van der Waals surface area (Å²) in [6, 6.07) is 8.51. The molecule has 0 aliphatic heterocycles. The molecule has 35 heavy (non-hydrogen) atoms. The van der Waals surface area contributed by atoms with E-state index in [0.717, 1.165) is 23.2 Å². The Kier molecular flexibility index (Phi) is 5.46. The smallest absolute Gasteiger partial charge is 0.437 e. The van der Waals surface area contributed by atoms with Gasteiger partial charge in [-0.2, -0.15) is 28.6 Å². The molecule has 4 aromatic rings. The molecule has 178 valence electrons. The fraction of sp³-hybridized carbons (Fsp3) is 0.208. The number of halogens is 3. The number of benzene rings is 1. The molecule has 1 aliphatic rings. The molecule has 0 spiro atoms. The normalized spacial score (nSPS) is 17.3. The van der Waals surface area contributed by atoms with E-state index >= 15 is 0 Å². The van der Waals surface area contributed by atoms with E-state index in [2.05, 4.69) is 20.2 Å². The van der Waals surface area contributed by atoms with Crippen LogP contribution in [0.1, 0.15) is 16.8 Å². The number of imidazole rings is 1. The molecule has 1 N–H and O–H groups in total. The van der Waals surface area contributed by atoms with Gasteiger partial charge in [-0.3, -0.25) is 4.98 Å². The molecular weight excluding hydrogens is 461 g/mol. The number of hydrogen-bond donors (Lipinski definition) is 1. The first-order valence-electron chi connectivity index (χ1n) is 10.6. The maximum absolute atomic E-state index is 13.2. The van der Waals surface area contributed by atoms with E-state index in [1.54, 1.807) is 24.2 Å². The summed E-state index contributed by atoms with van der Waals surface area (Å²) in [5.74, 6) is 0.719. The third kappa shape index (κ3) is 3.98. The number of nitrogens with one attached hydrogen (secondary N) is 1. The highest BCUT2D eigenvalue weighted by Gasteiger charge is 2.38. The number of alkyl halides is 3. The average molecular weight is 480 g/mol. The van der Waals surface area contributed by atoms with E-state index in [-0.39, 0.29) is 17.8 Å². The summed E-state index contributed by atoms with van der Waals surface area (Å²) in [6.45, 7) is 0.279. The Hall–Kier alpha value is -4.28. The predicted octanol–water partition coefficient (Wildman–Crippen LogP) is 4.01. The molecule has 0 bridgehead atoms. The number of carbonyl (C=O) groups is 1. The van der Waals surface area contributed by atoms with E-state index in [0.29, 0.717) is 17.8 Å². The van der Waals surface area contributed by atoms with Crippen LogP contribution in [0.2, 0.25) is 0 Å². The number of hydrogen-bond acceptors (Lipinski definition) is 6. The van der Waals surface area contributed by atoms with Crippen LogP contribution in [0.4, 0.5) is 13.2 Å². The Labute approximate surface area is 197 Å². The van der Waals surface area contributed by atoms with Gasteiger partial charge in [-0.1, -0.05) is 24.3 Å². The number of H-pyrrole nitrogens is 1. The van der Waals surface area contributed by atoms with Gasteiger partial charge in [0.05, 0.1) is 24.5 Å². The van der Waals surface area contributed by atoms with Gasteiger partial charge in [-0.25, -0.2) is 4.98 Å². The third-order valence-corrected chi connectivity index (χ3v) is 5.99. The largest absolute Gasteiger partial charge is 0.496 e. The molecule has 11 heteroatoms. The first-order chi connectivity index (χ1) is 16.8. The molecule has 0 radical (unpaired) electrons. The van der Waals surface area contributed by atoms with Crippen LogP contribution in [0.3, 0.4) is 0 Å². The lowest BCUT2D eigenvalue weighted by Crippen LogP contribution is -2.34. The van der Waals surface area contributed by atoms with Crippen molar-refractivity contribution in [1.82, 2.24) is 29.9 Å². The van der Waals surface area contributed by atoms with Gasteiger partial charge in [-0.05, 0) is 30.2 Å². The molecule has 1 atom stereocenters. The number of methoxy groups -OCH3 is 1. The van der Waals surface area contributed by atoms with E-state index < -0.39 is 17.3 Å². The Bertz CT molecular complexity index is 1420. The molecule has 0 saturated heterocycles. The standard InChI is InChI=1S/C24H19F3N6O2/c1-35-20-6-2-5-17-16(20)4-3-8-23(17,13-34)12-33-11-19(29-14-33)18-10-15(7-9-28-18)21-22(24(25,26)27)31-32-30-21/h2-3,5-11,13-14H,4,12H2,1H3,(H,30,31,32). The fourth-order valence-electron chi connectivity index (χ4n) is 4.39. The quantitative estimate of drug-likeness (QED) is 0.331. The van der Waals surface area contributed by atoms with Crippen LogP contribution in [-0.2, 0) is 29.4 Å². The summed E-state index contributed by atoms with van der Waals surface area (Å²) in [6.07, 6.45) is 5.38. The second-order valence-corrected chi connectivity index (χ2v) is 8.13. The number of ether oxygens (including phenoxy) is 1. The molecule has 5 rings (SSSR count). The Morgan fingerprint density at radius 2 is 2.06 bits per heavy atom. The molecule has 0 saturated carbocycles. The minimum absolute atomic E-state index is 0.200. The van der Waals surface area contributed by atoms with Crippen molar-refractivity contribution >= 4 is 6.29 Å². The van der Waals surface area contributed by atoms with Crippen LogP contribution in [0.5, 0.6) is 5.75 Å². The zero-order valence-electron chi connectivity index (χ0n) is 18.5. The van der Waals surface area contributed by atoms with E-state index in [9.17, 15) is 18.0 Å². The van der Waals surface area contributed by atoms with Crippen molar-refractivity contribution < 1.29 is 22.7 Å². The Balaban J connectivity index is 1.47. The monoisotopic (exact) mass is 480 g/mol. The number of fused-ring (bicyclic) bond motifs is 1. The highest BCUT2D eigenvalue weighted by atomic mass is 19.4. The second kappa shape index (κ2) is 8.49. The molecule has 1 aromatic carbocycles. The summed E-state index contributed by atoms with van der Waals surface area (Å²) in [7, 11) is 1.59. The average Bonchev–Trinajstić information content (AvgIpc) is 3.54. The van der Waals surface area contributed by atoms with Gasteiger partial charge in [0.25, 0.3) is 0 Å². The Morgan fingerprint density at radius 1 is 1.20 bits per heavy atom. The summed E-state index contributed by atoms with van der Waals surface area (Å²) in [4.78, 5) is 21.0. The van der Waals surface area contributed by atoms with Crippen LogP contribution in [0.15, 0.2) is 61.2 Å². The van der Waals surface area contributed by atoms with Crippen LogP contribution in [0.25, 0.3) is 22.6 Å². The number of allylic oxidation sites excluding steroid dienone is 2. The fourth-order valence-corrected chi connectivity index (χ4v) is 4.39. The van der Waals surface area contributed by atoms with Gasteiger partial charge in [-0.15, -0.1) is 0 Å². The van der Waals surface area contributed by atoms with Crippen LogP contribution >= 0.6 is 0 Å². The van der Waals surface area contributed by atoms with Gasteiger partial charge in [0.2, 0.25) is 0 Å². The zero-order valence-corrected chi connectivity index (χ0v) is 18.5. The molecule has 0 amide bonds. The predicted molar refractivity (Wildman–Crippen MR) is 119 cm³/mol. The van der Waals surface area contributed by atoms with Gasteiger partial charge < -0.3 is 14.1 Å². The highest BCUT2D eigenvalue weighted by molar-refractivity contribution is 5.75. The number of pyridine rings is 1. The number of aldehydes is 1. The molecule has 0 fully saturated rings. The molecule has 3 heterocycles. The zero-order chi connectivity index (χ0) is 24.6. The molecule has 1 aliphatic carbocycles. The highest BCUT2D eigenvalue weighted by Crippen LogP contribution is 2.38. The molecule has 8 nitrogen and oxygen atoms in total. The van der Waals surface area contributed by atoms with Crippen LogP contribution in [-0.4, -0.2) is 43.3 Å². The van der Waals surface area contributed by atoms with Gasteiger partial charge in [0, 0.05) is 30.1 Å². The second-order valence-electron chi connectivity index (χ2n) is 8.13. The van der Waals surface area contributed by atoms with Crippen molar-refractivity contribution in [2.75, 3.05) is 7.11 Å².